The summed E-state index contributed by atoms with van der Waals surface area (Å²) in [4.78, 5) is 7.97. The number of nitrogens with zero attached hydrogens (tertiary/aromatic N) is 3. The van der Waals surface area contributed by atoms with E-state index < -0.39 is 15.8 Å². The van der Waals surface area contributed by atoms with Crippen molar-refractivity contribution in [2.24, 2.45) is 0 Å². The number of sulfonamides is 1. The van der Waals surface area contributed by atoms with E-state index in [1.807, 2.05) is 0 Å². The lowest BCUT2D eigenvalue weighted by Gasteiger charge is -2.10. The first-order chi connectivity index (χ1) is 11.0. The van der Waals surface area contributed by atoms with Crippen LogP contribution in [0.3, 0.4) is 0 Å². The van der Waals surface area contributed by atoms with Crippen molar-refractivity contribution in [3.05, 3.63) is 66.6 Å². The molecule has 0 atom stereocenters. The molecule has 0 aliphatic rings. The summed E-state index contributed by atoms with van der Waals surface area (Å²) in [5.41, 5.74) is 0.749. The average molecular weight is 332 g/mol. The molecule has 3 rings (SSSR count). The zero-order valence-corrected chi connectivity index (χ0v) is 13.0. The maximum Gasteiger partial charge on any atom is 0.262 e. The normalized spacial score (nSPS) is 11.4. The molecule has 1 N–H and O–H groups in total. The third-order valence-electron chi connectivity index (χ3n) is 3.21. The highest BCUT2D eigenvalue weighted by molar-refractivity contribution is 7.92. The number of anilines is 1. The molecule has 2 heterocycles. The van der Waals surface area contributed by atoms with E-state index in [4.69, 9.17) is 0 Å². The minimum atomic E-state index is -3.88. The summed E-state index contributed by atoms with van der Waals surface area (Å²) in [5.74, 6) is -0.00283. The third kappa shape index (κ3) is 3.21. The summed E-state index contributed by atoms with van der Waals surface area (Å²) in [6.07, 6.45) is 6.32. The Morgan fingerprint density at radius 3 is 2.70 bits per heavy atom. The van der Waals surface area contributed by atoms with Crippen molar-refractivity contribution < 1.29 is 12.8 Å². The van der Waals surface area contributed by atoms with Gasteiger partial charge in [-0.3, -0.25) is 9.29 Å². The van der Waals surface area contributed by atoms with Crippen LogP contribution in [0.4, 0.5) is 10.1 Å². The largest absolute Gasteiger partial charge is 0.291 e. The fraction of sp³-hybridized carbons (Fsp3) is 0.0667. The number of hydrogen-bond acceptors (Lipinski definition) is 4. The van der Waals surface area contributed by atoms with Crippen LogP contribution in [0, 0.1) is 12.7 Å². The lowest BCUT2D eigenvalue weighted by atomic mass is 10.2. The molecule has 0 bridgehead atoms. The lowest BCUT2D eigenvalue weighted by molar-refractivity contribution is 0.594. The number of hydrogen-bond donors (Lipinski definition) is 1. The standard InChI is InChI=1S/C15H13FN4O2S/c1-11-2-3-12(16)8-14(11)23(21,22)19-13-4-5-15(18-9-13)20-7-6-17-10-20/h2-10,19H,1H3. The Balaban J connectivity index is 1.87. The first-order valence-corrected chi connectivity index (χ1v) is 8.17. The van der Waals surface area contributed by atoms with Gasteiger partial charge in [0, 0.05) is 12.4 Å². The van der Waals surface area contributed by atoms with Gasteiger partial charge in [0.25, 0.3) is 10.0 Å². The van der Waals surface area contributed by atoms with E-state index in [0.717, 1.165) is 6.07 Å². The SMILES string of the molecule is Cc1ccc(F)cc1S(=O)(=O)Nc1ccc(-n2ccnc2)nc1. The highest BCUT2D eigenvalue weighted by atomic mass is 32.2. The molecule has 6 nitrogen and oxygen atoms in total. The number of aromatic nitrogens is 3. The molecule has 1 aromatic carbocycles. The van der Waals surface area contributed by atoms with Crippen LogP contribution in [-0.4, -0.2) is 23.0 Å². The fourth-order valence-electron chi connectivity index (χ4n) is 2.07. The van der Waals surface area contributed by atoms with E-state index in [1.54, 1.807) is 42.3 Å². The van der Waals surface area contributed by atoms with E-state index in [9.17, 15) is 12.8 Å². The van der Waals surface area contributed by atoms with Gasteiger partial charge in [0.15, 0.2) is 0 Å². The molecule has 0 fully saturated rings. The topological polar surface area (TPSA) is 76.9 Å². The second-order valence-corrected chi connectivity index (χ2v) is 6.54. The molecule has 0 aliphatic heterocycles. The number of halogens is 1. The van der Waals surface area contributed by atoms with E-state index in [2.05, 4.69) is 14.7 Å². The maximum atomic E-state index is 13.3. The zero-order valence-electron chi connectivity index (χ0n) is 12.1. The van der Waals surface area contributed by atoms with Crippen LogP contribution in [0.2, 0.25) is 0 Å². The van der Waals surface area contributed by atoms with Gasteiger partial charge in [0.05, 0.1) is 16.8 Å². The van der Waals surface area contributed by atoms with Gasteiger partial charge < -0.3 is 0 Å². The molecular formula is C15H13FN4O2S. The molecule has 118 valence electrons. The van der Waals surface area contributed by atoms with Crippen LogP contribution < -0.4 is 4.72 Å². The van der Waals surface area contributed by atoms with E-state index >= 15 is 0 Å². The van der Waals surface area contributed by atoms with E-state index in [0.29, 0.717) is 11.4 Å². The predicted molar refractivity (Wildman–Crippen MR) is 83.3 cm³/mol. The third-order valence-corrected chi connectivity index (χ3v) is 4.73. The Labute approximate surface area is 132 Å². The Morgan fingerprint density at radius 2 is 2.04 bits per heavy atom. The summed E-state index contributed by atoms with van der Waals surface area (Å²) in [6.45, 7) is 1.61. The Kier molecular flexibility index (Phi) is 3.83. The van der Waals surface area contributed by atoms with Crippen LogP contribution in [-0.2, 0) is 10.0 Å². The summed E-state index contributed by atoms with van der Waals surface area (Å²) in [7, 11) is -3.88. The zero-order chi connectivity index (χ0) is 16.4. The fourth-order valence-corrected chi connectivity index (χ4v) is 3.37. The Hall–Kier alpha value is -2.74. The minimum Gasteiger partial charge on any atom is -0.291 e. The number of nitrogens with one attached hydrogen (secondary N) is 1. The lowest BCUT2D eigenvalue weighted by Crippen LogP contribution is -2.14. The maximum absolute atomic E-state index is 13.3. The van der Waals surface area contributed by atoms with Crippen LogP contribution in [0.15, 0.2) is 60.1 Å². The molecule has 0 saturated heterocycles. The predicted octanol–water partition coefficient (Wildman–Crippen LogP) is 2.52. The molecule has 3 aromatic rings. The van der Waals surface area contributed by atoms with Crippen LogP contribution >= 0.6 is 0 Å². The average Bonchev–Trinajstić information content (AvgIpc) is 3.04. The summed E-state index contributed by atoms with van der Waals surface area (Å²) in [5, 5.41) is 0. The minimum absolute atomic E-state index is 0.101. The summed E-state index contributed by atoms with van der Waals surface area (Å²) < 4.78 is 42.1. The first-order valence-electron chi connectivity index (χ1n) is 6.69. The number of imidazole rings is 1. The molecule has 0 unspecified atom stereocenters. The molecule has 0 radical (unpaired) electrons. The monoisotopic (exact) mass is 332 g/mol. The van der Waals surface area contributed by atoms with Crippen molar-refractivity contribution in [3.8, 4) is 5.82 Å². The molecular weight excluding hydrogens is 319 g/mol. The van der Waals surface area contributed by atoms with Crippen molar-refractivity contribution in [1.82, 2.24) is 14.5 Å². The number of pyridine rings is 1. The quantitative estimate of drug-likeness (QED) is 0.796. The summed E-state index contributed by atoms with van der Waals surface area (Å²) >= 11 is 0. The van der Waals surface area contributed by atoms with Gasteiger partial charge in [-0.25, -0.2) is 22.8 Å². The number of rotatable bonds is 4. The number of benzene rings is 1. The van der Waals surface area contributed by atoms with Crippen molar-refractivity contribution in [2.45, 2.75) is 11.8 Å². The summed E-state index contributed by atoms with van der Waals surface area (Å²) in [6, 6.07) is 6.86. The molecule has 8 heteroatoms. The van der Waals surface area contributed by atoms with Crippen molar-refractivity contribution >= 4 is 15.7 Å². The molecule has 0 spiro atoms. The van der Waals surface area contributed by atoms with Crippen molar-refractivity contribution in [1.29, 1.82) is 0 Å². The Morgan fingerprint density at radius 1 is 1.22 bits per heavy atom. The highest BCUT2D eigenvalue weighted by Gasteiger charge is 2.18. The van der Waals surface area contributed by atoms with E-state index in [-0.39, 0.29) is 10.6 Å². The molecule has 2 aromatic heterocycles. The molecule has 0 aliphatic carbocycles. The van der Waals surface area contributed by atoms with Crippen LogP contribution in [0.25, 0.3) is 5.82 Å². The van der Waals surface area contributed by atoms with Crippen molar-refractivity contribution in [2.75, 3.05) is 4.72 Å². The second kappa shape index (κ2) is 5.81. The van der Waals surface area contributed by atoms with Crippen LogP contribution in [0.5, 0.6) is 0 Å². The first kappa shape index (κ1) is 15.2. The van der Waals surface area contributed by atoms with Gasteiger partial charge in [-0.2, -0.15) is 0 Å². The molecule has 0 amide bonds. The van der Waals surface area contributed by atoms with Gasteiger partial charge in [0.2, 0.25) is 0 Å². The van der Waals surface area contributed by atoms with Gasteiger partial charge in [0.1, 0.15) is 18.0 Å². The molecule has 23 heavy (non-hydrogen) atoms. The van der Waals surface area contributed by atoms with Gasteiger partial charge in [-0.15, -0.1) is 0 Å². The smallest absolute Gasteiger partial charge is 0.262 e. The highest BCUT2D eigenvalue weighted by Crippen LogP contribution is 2.20. The molecule has 0 saturated carbocycles. The Bertz CT molecular complexity index is 923. The van der Waals surface area contributed by atoms with Crippen LogP contribution in [0.1, 0.15) is 5.56 Å². The number of aryl methyl sites for hydroxylation is 1. The van der Waals surface area contributed by atoms with Crippen molar-refractivity contribution in [3.63, 3.8) is 0 Å². The van der Waals surface area contributed by atoms with Gasteiger partial charge in [-0.05, 0) is 36.8 Å². The second-order valence-electron chi connectivity index (χ2n) is 4.89. The van der Waals surface area contributed by atoms with Gasteiger partial charge in [-0.1, -0.05) is 6.07 Å². The van der Waals surface area contributed by atoms with Gasteiger partial charge >= 0.3 is 0 Å². The van der Waals surface area contributed by atoms with E-state index in [1.165, 1.54) is 18.3 Å².